The van der Waals surface area contributed by atoms with Crippen molar-refractivity contribution in [3.63, 3.8) is 0 Å². The quantitative estimate of drug-likeness (QED) is 0.695. The zero-order chi connectivity index (χ0) is 11.4. The lowest BCUT2D eigenvalue weighted by atomic mass is 10.1. The van der Waals surface area contributed by atoms with Crippen LogP contribution in [0.2, 0.25) is 0 Å². The lowest BCUT2D eigenvalue weighted by molar-refractivity contribution is 0.525. The van der Waals surface area contributed by atoms with E-state index in [9.17, 15) is 0 Å². The molecular weight excluding hydrogens is 186 g/mol. The second kappa shape index (κ2) is 5.10. The SMILES string of the molecule is CC.CCc1cc2n(n1)CC(C)C(C)=N2. The maximum Gasteiger partial charge on any atom is 0.150 e. The third-order valence-corrected chi connectivity index (χ3v) is 2.62. The highest BCUT2D eigenvalue weighted by Crippen LogP contribution is 2.22. The molecule has 1 unspecified atom stereocenters. The van der Waals surface area contributed by atoms with E-state index in [1.807, 2.05) is 18.5 Å². The molecule has 0 aliphatic carbocycles. The van der Waals surface area contributed by atoms with E-state index in [2.05, 4.69) is 36.9 Å². The van der Waals surface area contributed by atoms with E-state index >= 15 is 0 Å². The van der Waals surface area contributed by atoms with Gasteiger partial charge in [-0.2, -0.15) is 5.10 Å². The predicted molar refractivity (Wildman–Crippen MR) is 64.9 cm³/mol. The van der Waals surface area contributed by atoms with Crippen molar-refractivity contribution in [3.05, 3.63) is 11.8 Å². The molecule has 1 aliphatic rings. The molecule has 3 heteroatoms. The Hall–Kier alpha value is -1.12. The molecule has 84 valence electrons. The molecule has 0 saturated carbocycles. The fraction of sp³-hybridized carbons (Fsp3) is 0.667. The van der Waals surface area contributed by atoms with Crippen LogP contribution >= 0.6 is 0 Å². The number of aliphatic imine (C=N–C) groups is 1. The van der Waals surface area contributed by atoms with Crippen LogP contribution < -0.4 is 0 Å². The number of rotatable bonds is 1. The van der Waals surface area contributed by atoms with Crippen LogP contribution in [0.4, 0.5) is 5.82 Å². The molecule has 1 aliphatic heterocycles. The molecule has 3 nitrogen and oxygen atoms in total. The van der Waals surface area contributed by atoms with E-state index in [4.69, 9.17) is 0 Å². The molecule has 0 spiro atoms. The number of aryl methyl sites for hydroxylation is 1. The van der Waals surface area contributed by atoms with Gasteiger partial charge in [0, 0.05) is 17.7 Å². The van der Waals surface area contributed by atoms with Gasteiger partial charge in [0.15, 0.2) is 5.82 Å². The zero-order valence-electron chi connectivity index (χ0n) is 10.4. The van der Waals surface area contributed by atoms with Gasteiger partial charge in [0.05, 0.1) is 12.2 Å². The molecule has 15 heavy (non-hydrogen) atoms. The highest BCUT2D eigenvalue weighted by Gasteiger charge is 2.17. The fourth-order valence-electron chi connectivity index (χ4n) is 1.54. The summed E-state index contributed by atoms with van der Waals surface area (Å²) >= 11 is 0. The summed E-state index contributed by atoms with van der Waals surface area (Å²) in [5.41, 5.74) is 2.36. The molecule has 1 aromatic rings. The van der Waals surface area contributed by atoms with Crippen LogP contribution in [0.15, 0.2) is 11.1 Å². The summed E-state index contributed by atoms with van der Waals surface area (Å²) in [6.45, 7) is 11.4. The molecular formula is C12H21N3. The van der Waals surface area contributed by atoms with Crippen LogP contribution in [-0.4, -0.2) is 15.5 Å². The normalized spacial score (nSPS) is 18.7. The predicted octanol–water partition coefficient (Wildman–Crippen LogP) is 3.21. The summed E-state index contributed by atoms with van der Waals surface area (Å²) in [6.07, 6.45) is 0.989. The van der Waals surface area contributed by atoms with E-state index in [0.717, 1.165) is 24.5 Å². The van der Waals surface area contributed by atoms with Gasteiger partial charge in [0.1, 0.15) is 0 Å². The van der Waals surface area contributed by atoms with E-state index in [0.29, 0.717) is 5.92 Å². The molecule has 0 radical (unpaired) electrons. The van der Waals surface area contributed by atoms with E-state index in [-0.39, 0.29) is 0 Å². The third kappa shape index (κ3) is 2.46. The van der Waals surface area contributed by atoms with E-state index in [1.165, 1.54) is 5.71 Å². The Bertz CT molecular complexity index is 350. The van der Waals surface area contributed by atoms with Crippen LogP contribution in [0.1, 0.15) is 40.3 Å². The minimum absolute atomic E-state index is 0.525. The summed E-state index contributed by atoms with van der Waals surface area (Å²) in [4.78, 5) is 4.51. The summed E-state index contributed by atoms with van der Waals surface area (Å²) in [5.74, 6) is 1.55. The first-order chi connectivity index (χ1) is 7.20. The Morgan fingerprint density at radius 2 is 2.13 bits per heavy atom. The van der Waals surface area contributed by atoms with Gasteiger partial charge in [-0.25, -0.2) is 9.67 Å². The molecule has 0 bridgehead atoms. The number of hydrogen-bond acceptors (Lipinski definition) is 2. The third-order valence-electron chi connectivity index (χ3n) is 2.62. The Labute approximate surface area is 92.2 Å². The minimum Gasteiger partial charge on any atom is -0.247 e. The first kappa shape index (κ1) is 12.0. The largest absolute Gasteiger partial charge is 0.247 e. The highest BCUT2D eigenvalue weighted by atomic mass is 15.3. The van der Waals surface area contributed by atoms with Gasteiger partial charge in [-0.05, 0) is 13.3 Å². The van der Waals surface area contributed by atoms with E-state index in [1.54, 1.807) is 0 Å². The van der Waals surface area contributed by atoms with Gasteiger partial charge in [0.2, 0.25) is 0 Å². The fourth-order valence-corrected chi connectivity index (χ4v) is 1.54. The first-order valence-corrected chi connectivity index (χ1v) is 5.82. The van der Waals surface area contributed by atoms with Crippen molar-refractivity contribution in [1.82, 2.24) is 9.78 Å². The molecule has 0 fully saturated rings. The van der Waals surface area contributed by atoms with Crippen LogP contribution in [0, 0.1) is 5.92 Å². The van der Waals surface area contributed by atoms with Gasteiger partial charge in [0.25, 0.3) is 0 Å². The van der Waals surface area contributed by atoms with Gasteiger partial charge < -0.3 is 0 Å². The summed E-state index contributed by atoms with van der Waals surface area (Å²) in [5, 5.41) is 4.46. The summed E-state index contributed by atoms with van der Waals surface area (Å²) < 4.78 is 2.01. The van der Waals surface area contributed by atoms with Gasteiger partial charge in [-0.3, -0.25) is 0 Å². The van der Waals surface area contributed by atoms with Crippen molar-refractivity contribution in [1.29, 1.82) is 0 Å². The van der Waals surface area contributed by atoms with Crippen LogP contribution in [-0.2, 0) is 13.0 Å². The van der Waals surface area contributed by atoms with Crippen LogP contribution in [0.3, 0.4) is 0 Å². The molecule has 1 atom stereocenters. The number of fused-ring (bicyclic) bond motifs is 1. The van der Waals surface area contributed by atoms with Crippen molar-refractivity contribution in [2.24, 2.45) is 10.9 Å². The molecule has 0 N–H and O–H groups in total. The van der Waals surface area contributed by atoms with Crippen molar-refractivity contribution in [3.8, 4) is 0 Å². The molecule has 0 saturated heterocycles. The highest BCUT2D eigenvalue weighted by molar-refractivity contribution is 5.87. The Morgan fingerprint density at radius 1 is 1.47 bits per heavy atom. The minimum atomic E-state index is 0.525. The van der Waals surface area contributed by atoms with Gasteiger partial charge in [-0.15, -0.1) is 0 Å². The van der Waals surface area contributed by atoms with Crippen molar-refractivity contribution in [2.45, 2.75) is 47.6 Å². The van der Waals surface area contributed by atoms with Crippen LogP contribution in [0.5, 0.6) is 0 Å². The molecule has 0 amide bonds. The molecule has 2 rings (SSSR count). The number of aromatic nitrogens is 2. The second-order valence-corrected chi connectivity index (χ2v) is 3.68. The average molecular weight is 207 g/mol. The zero-order valence-corrected chi connectivity index (χ0v) is 10.4. The van der Waals surface area contributed by atoms with E-state index < -0.39 is 0 Å². The smallest absolute Gasteiger partial charge is 0.150 e. The Morgan fingerprint density at radius 3 is 2.73 bits per heavy atom. The Balaban J connectivity index is 0.000000531. The maximum atomic E-state index is 4.51. The topological polar surface area (TPSA) is 30.2 Å². The van der Waals surface area contributed by atoms with Crippen molar-refractivity contribution in [2.75, 3.05) is 0 Å². The molecule has 2 heterocycles. The molecule has 1 aromatic heterocycles. The lowest BCUT2D eigenvalue weighted by Gasteiger charge is -2.17. The van der Waals surface area contributed by atoms with Crippen molar-refractivity contribution >= 4 is 11.5 Å². The van der Waals surface area contributed by atoms with Gasteiger partial charge >= 0.3 is 0 Å². The first-order valence-electron chi connectivity index (χ1n) is 5.82. The lowest BCUT2D eigenvalue weighted by Crippen LogP contribution is -2.19. The van der Waals surface area contributed by atoms with Crippen molar-refractivity contribution < 1.29 is 0 Å². The average Bonchev–Trinajstić information content (AvgIpc) is 2.64. The standard InChI is InChI=1S/C10H15N3.C2H6/c1-4-9-5-10-11-8(3)7(2)6-13(10)12-9;1-2/h5,7H,4,6H2,1-3H3;1-2H3. The maximum absolute atomic E-state index is 4.51. The summed E-state index contributed by atoms with van der Waals surface area (Å²) in [7, 11) is 0. The Kier molecular flexibility index (Phi) is 4.06. The monoisotopic (exact) mass is 207 g/mol. The number of hydrogen-bond donors (Lipinski definition) is 0. The summed E-state index contributed by atoms with van der Waals surface area (Å²) in [6, 6.07) is 2.08. The number of nitrogens with zero attached hydrogens (tertiary/aromatic N) is 3. The van der Waals surface area contributed by atoms with Crippen LogP contribution in [0.25, 0.3) is 0 Å². The second-order valence-electron chi connectivity index (χ2n) is 3.68. The molecule has 0 aromatic carbocycles. The van der Waals surface area contributed by atoms with Gasteiger partial charge in [-0.1, -0.05) is 27.7 Å².